The zero-order valence-corrected chi connectivity index (χ0v) is 15.6. The van der Waals surface area contributed by atoms with Crippen molar-refractivity contribution in [2.24, 2.45) is 5.41 Å². The van der Waals surface area contributed by atoms with Gasteiger partial charge in [-0.15, -0.1) is 0 Å². The van der Waals surface area contributed by atoms with Gasteiger partial charge in [-0.3, -0.25) is 4.98 Å². The van der Waals surface area contributed by atoms with Crippen LogP contribution in [0.2, 0.25) is 0 Å². The Balaban J connectivity index is 1.69. The van der Waals surface area contributed by atoms with Gasteiger partial charge in [-0.2, -0.15) is 5.10 Å². The smallest absolute Gasteiger partial charge is 0.153 e. The lowest BCUT2D eigenvalue weighted by Gasteiger charge is -2.36. The van der Waals surface area contributed by atoms with Crippen LogP contribution in [0.4, 0.5) is 0 Å². The van der Waals surface area contributed by atoms with Crippen LogP contribution in [-0.2, 0) is 13.0 Å². The van der Waals surface area contributed by atoms with Gasteiger partial charge in [0.15, 0.2) is 5.82 Å². The number of nitrogens with one attached hydrogen (secondary N) is 1. The van der Waals surface area contributed by atoms with Crippen LogP contribution in [0, 0.1) is 12.3 Å². The fourth-order valence-electron chi connectivity index (χ4n) is 3.98. The van der Waals surface area contributed by atoms with Crippen molar-refractivity contribution in [2.45, 2.75) is 46.2 Å². The summed E-state index contributed by atoms with van der Waals surface area (Å²) in [6.07, 6.45) is 7.66. The Bertz CT molecular complexity index is 884. The molecule has 5 nitrogen and oxygen atoms in total. The number of hydrogen-bond acceptors (Lipinski definition) is 4. The Morgan fingerprint density at radius 3 is 2.81 bits per heavy atom. The molecule has 0 saturated carbocycles. The van der Waals surface area contributed by atoms with Crippen LogP contribution in [0.15, 0.2) is 48.9 Å². The highest BCUT2D eigenvalue weighted by molar-refractivity contribution is 5.38. The molecular formula is C21H25N5. The fourth-order valence-corrected chi connectivity index (χ4v) is 3.98. The molecule has 0 spiro atoms. The maximum atomic E-state index is 4.84. The van der Waals surface area contributed by atoms with E-state index in [-0.39, 0.29) is 11.5 Å². The van der Waals surface area contributed by atoms with E-state index in [0.29, 0.717) is 0 Å². The van der Waals surface area contributed by atoms with E-state index in [9.17, 15) is 0 Å². The first-order valence-corrected chi connectivity index (χ1v) is 9.16. The Kier molecular flexibility index (Phi) is 4.32. The minimum absolute atomic E-state index is 0.207. The van der Waals surface area contributed by atoms with Gasteiger partial charge in [0.25, 0.3) is 0 Å². The number of rotatable bonds is 4. The lowest BCUT2D eigenvalue weighted by molar-refractivity contribution is 0.252. The van der Waals surface area contributed by atoms with E-state index in [1.54, 1.807) is 0 Å². The average Bonchev–Trinajstić information content (AvgIpc) is 2.96. The molecule has 0 aliphatic heterocycles. The van der Waals surface area contributed by atoms with Crippen molar-refractivity contribution in [1.82, 2.24) is 25.1 Å². The zero-order valence-electron chi connectivity index (χ0n) is 15.6. The van der Waals surface area contributed by atoms with E-state index in [1.165, 1.54) is 16.8 Å². The lowest BCUT2D eigenvalue weighted by atomic mass is 9.73. The highest BCUT2D eigenvalue weighted by Crippen LogP contribution is 2.42. The van der Waals surface area contributed by atoms with Gasteiger partial charge in [0, 0.05) is 36.7 Å². The molecule has 0 aromatic carbocycles. The van der Waals surface area contributed by atoms with Gasteiger partial charge in [0.2, 0.25) is 0 Å². The predicted molar refractivity (Wildman–Crippen MR) is 102 cm³/mol. The van der Waals surface area contributed by atoms with Gasteiger partial charge in [-0.05, 0) is 48.9 Å². The Hall–Kier alpha value is -2.53. The first kappa shape index (κ1) is 16.9. The third kappa shape index (κ3) is 3.27. The van der Waals surface area contributed by atoms with Gasteiger partial charge in [0.1, 0.15) is 0 Å². The number of fused-ring (bicyclic) bond motifs is 1. The van der Waals surface area contributed by atoms with E-state index in [4.69, 9.17) is 5.10 Å². The van der Waals surface area contributed by atoms with E-state index < -0.39 is 0 Å². The Labute approximate surface area is 154 Å². The zero-order chi connectivity index (χ0) is 18.1. The van der Waals surface area contributed by atoms with Crippen molar-refractivity contribution in [3.63, 3.8) is 0 Å². The number of nitrogens with zero attached hydrogens (tertiary/aromatic N) is 4. The molecule has 1 N–H and O–H groups in total. The van der Waals surface area contributed by atoms with Crippen molar-refractivity contribution < 1.29 is 0 Å². The first-order valence-electron chi connectivity index (χ1n) is 9.16. The molecule has 0 amide bonds. The Morgan fingerprint density at radius 1 is 1.19 bits per heavy atom. The molecule has 3 aromatic heterocycles. The summed E-state index contributed by atoms with van der Waals surface area (Å²) < 4.78 is 2.03. The van der Waals surface area contributed by atoms with Crippen LogP contribution in [0.1, 0.15) is 48.8 Å². The van der Waals surface area contributed by atoms with Crippen molar-refractivity contribution >= 4 is 0 Å². The fraction of sp³-hybridized carbons (Fsp3) is 0.381. The monoisotopic (exact) mass is 347 g/mol. The summed E-state index contributed by atoms with van der Waals surface area (Å²) in [6.45, 7) is 7.58. The largest absolute Gasteiger partial charge is 0.306 e. The minimum atomic E-state index is 0.207. The molecule has 1 unspecified atom stereocenters. The maximum Gasteiger partial charge on any atom is 0.153 e. The van der Waals surface area contributed by atoms with Crippen LogP contribution >= 0.6 is 0 Å². The molecule has 0 fully saturated rings. The minimum Gasteiger partial charge on any atom is -0.306 e. The summed E-state index contributed by atoms with van der Waals surface area (Å²) in [4.78, 5) is 8.73. The molecule has 1 atom stereocenters. The number of aryl methyl sites for hydroxylation is 1. The molecule has 3 heterocycles. The molecule has 134 valence electrons. The van der Waals surface area contributed by atoms with Gasteiger partial charge in [-0.25, -0.2) is 9.67 Å². The summed E-state index contributed by atoms with van der Waals surface area (Å²) in [7, 11) is 0. The normalized spacial score (nSPS) is 18.5. The molecule has 4 rings (SSSR count). The van der Waals surface area contributed by atoms with Gasteiger partial charge in [-0.1, -0.05) is 26.0 Å². The molecule has 5 heteroatoms. The molecule has 3 aromatic rings. The summed E-state index contributed by atoms with van der Waals surface area (Å²) >= 11 is 0. The summed E-state index contributed by atoms with van der Waals surface area (Å²) in [6, 6.07) is 10.3. The van der Waals surface area contributed by atoms with Crippen molar-refractivity contribution in [3.8, 4) is 5.82 Å². The van der Waals surface area contributed by atoms with E-state index >= 15 is 0 Å². The van der Waals surface area contributed by atoms with Crippen LogP contribution < -0.4 is 5.32 Å². The molecule has 0 saturated heterocycles. The molecule has 1 aliphatic carbocycles. The third-order valence-corrected chi connectivity index (χ3v) is 5.10. The molecular weight excluding hydrogens is 322 g/mol. The average molecular weight is 347 g/mol. The molecule has 0 bridgehead atoms. The van der Waals surface area contributed by atoms with Gasteiger partial charge in [0.05, 0.1) is 11.4 Å². The van der Waals surface area contributed by atoms with E-state index in [1.807, 2.05) is 47.5 Å². The second-order valence-electron chi connectivity index (χ2n) is 7.89. The Morgan fingerprint density at radius 2 is 2.08 bits per heavy atom. The lowest BCUT2D eigenvalue weighted by Crippen LogP contribution is -2.34. The van der Waals surface area contributed by atoms with Crippen molar-refractivity contribution in [1.29, 1.82) is 0 Å². The molecule has 26 heavy (non-hydrogen) atoms. The van der Waals surface area contributed by atoms with E-state index in [0.717, 1.165) is 30.9 Å². The van der Waals surface area contributed by atoms with Crippen molar-refractivity contribution in [2.75, 3.05) is 0 Å². The highest BCUT2D eigenvalue weighted by atomic mass is 15.3. The summed E-state index contributed by atoms with van der Waals surface area (Å²) in [5.74, 6) is 0.889. The second-order valence-corrected chi connectivity index (χ2v) is 7.89. The summed E-state index contributed by atoms with van der Waals surface area (Å²) in [5.41, 5.74) is 5.11. The summed E-state index contributed by atoms with van der Waals surface area (Å²) in [5, 5.41) is 8.58. The number of hydrogen-bond donors (Lipinski definition) is 1. The van der Waals surface area contributed by atoms with Crippen LogP contribution in [-0.4, -0.2) is 19.7 Å². The highest BCUT2D eigenvalue weighted by Gasteiger charge is 2.36. The van der Waals surface area contributed by atoms with Crippen LogP contribution in [0.25, 0.3) is 5.82 Å². The number of pyridine rings is 2. The van der Waals surface area contributed by atoms with Crippen LogP contribution in [0.5, 0.6) is 0 Å². The quantitative estimate of drug-likeness (QED) is 0.780. The number of aromatic nitrogens is 4. The SMILES string of the molecule is Cc1nn(-c2ccccn2)c2c1C(NCc1cccnc1)CC(C)(C)C2. The van der Waals surface area contributed by atoms with Crippen molar-refractivity contribution in [3.05, 3.63) is 71.4 Å². The first-order chi connectivity index (χ1) is 12.5. The third-order valence-electron chi connectivity index (χ3n) is 5.10. The van der Waals surface area contributed by atoms with E-state index in [2.05, 4.69) is 42.1 Å². The second kappa shape index (κ2) is 6.65. The molecule has 0 radical (unpaired) electrons. The van der Waals surface area contributed by atoms with Gasteiger partial charge < -0.3 is 5.32 Å². The molecule has 1 aliphatic rings. The van der Waals surface area contributed by atoms with Gasteiger partial charge >= 0.3 is 0 Å². The maximum absolute atomic E-state index is 4.84. The topological polar surface area (TPSA) is 55.6 Å². The standard InChI is InChI=1S/C21H25N5/c1-15-20-17(24-14-16-7-6-9-22-13-16)11-21(2,3)12-18(20)26(25-15)19-8-4-5-10-23-19/h4-10,13,17,24H,11-12,14H2,1-3H3. The van der Waals surface area contributed by atoms with Crippen LogP contribution in [0.3, 0.4) is 0 Å². The predicted octanol–water partition coefficient (Wildman–Crippen LogP) is 3.77.